The summed E-state index contributed by atoms with van der Waals surface area (Å²) in [5, 5.41) is 0. The van der Waals surface area contributed by atoms with Gasteiger partial charge in [0.15, 0.2) is 0 Å². The van der Waals surface area contributed by atoms with Gasteiger partial charge in [-0.05, 0) is 5.92 Å². The summed E-state index contributed by atoms with van der Waals surface area (Å²) in [6, 6.07) is 0. The molecular formula is C6H16O4P2Zn+2. The fourth-order valence-electron chi connectivity index (χ4n) is 0.289. The van der Waals surface area contributed by atoms with Crippen molar-refractivity contribution in [2.24, 2.45) is 5.92 Å². The van der Waals surface area contributed by atoms with Crippen LogP contribution in [0, 0.1) is 5.92 Å². The van der Waals surface area contributed by atoms with Crippen molar-refractivity contribution in [3.63, 3.8) is 0 Å². The van der Waals surface area contributed by atoms with Crippen LogP contribution < -0.4 is 0 Å². The summed E-state index contributed by atoms with van der Waals surface area (Å²) >= 11 is 0. The molecule has 0 aromatic carbocycles. The Bertz CT molecular complexity index is 84.7. The Labute approximate surface area is 95.5 Å². The van der Waals surface area contributed by atoms with Crippen molar-refractivity contribution < 1.29 is 38.4 Å². The van der Waals surface area contributed by atoms with E-state index in [4.69, 9.17) is 18.9 Å². The van der Waals surface area contributed by atoms with Crippen molar-refractivity contribution >= 4 is 17.4 Å². The van der Waals surface area contributed by atoms with Gasteiger partial charge in [-0.1, -0.05) is 33.6 Å². The van der Waals surface area contributed by atoms with Crippen LogP contribution in [0.3, 0.4) is 0 Å². The van der Waals surface area contributed by atoms with Gasteiger partial charge >= 0.3 is 36.9 Å². The molecule has 0 aromatic heterocycles. The monoisotopic (exact) mass is 278 g/mol. The van der Waals surface area contributed by atoms with E-state index in [0.29, 0.717) is 0 Å². The summed E-state index contributed by atoms with van der Waals surface area (Å²) in [4.78, 5) is 14.0. The van der Waals surface area contributed by atoms with Crippen LogP contribution >= 0.6 is 17.4 Å². The third-order valence-corrected chi connectivity index (χ3v) is 1.39. The van der Waals surface area contributed by atoms with Crippen LogP contribution in [0.25, 0.3) is 0 Å². The third-order valence-electron chi connectivity index (χ3n) is 1.39. The Hall–Kier alpha value is 0.743. The molecule has 0 fully saturated rings. The summed E-state index contributed by atoms with van der Waals surface area (Å²) in [7, 11) is -1.67. The van der Waals surface area contributed by atoms with Crippen LogP contribution in [-0.4, -0.2) is 9.79 Å². The normalized spacial score (nSPS) is 7.85. The fraction of sp³-hybridized carbons (Fsp3) is 1.00. The van der Waals surface area contributed by atoms with Gasteiger partial charge in [0.25, 0.3) is 0 Å². The number of hydrogen-bond donors (Lipinski definition) is 2. The minimum absolute atomic E-state index is 0. The number of rotatable bonds is 2. The molecule has 0 radical (unpaired) electrons. The maximum absolute atomic E-state index is 8.46. The standard InChI is InChI=1S/C6H14.2HO2P.Zn/c1-4-6(3)5-2;2*1-3-2;/h6H,4-5H2,1-3H3;2*(H,1,2);/q;;;+2. The molecule has 0 saturated carbocycles. The minimum Gasteiger partial charge on any atom is -0.310 e. The molecule has 7 heteroatoms. The Morgan fingerprint density at radius 3 is 1.23 bits per heavy atom. The summed E-state index contributed by atoms with van der Waals surface area (Å²) in [6.45, 7) is 6.74. The molecule has 0 unspecified atom stereocenters. The van der Waals surface area contributed by atoms with Crippen LogP contribution in [0.5, 0.6) is 0 Å². The van der Waals surface area contributed by atoms with Crippen molar-refractivity contribution in [3.8, 4) is 0 Å². The summed E-state index contributed by atoms with van der Waals surface area (Å²) in [5.74, 6) is 0.935. The van der Waals surface area contributed by atoms with E-state index in [1.165, 1.54) is 12.8 Å². The van der Waals surface area contributed by atoms with E-state index in [2.05, 4.69) is 20.8 Å². The van der Waals surface area contributed by atoms with Crippen LogP contribution in [0.1, 0.15) is 33.6 Å². The molecule has 0 aliphatic carbocycles. The molecule has 2 N–H and O–H groups in total. The zero-order valence-corrected chi connectivity index (χ0v) is 13.1. The molecule has 0 saturated heterocycles. The first kappa shape index (κ1) is 23.5. The SMILES string of the molecule is CCC(C)CC.O=PO.O=PO.[Zn+2]. The molecule has 0 aromatic rings. The van der Waals surface area contributed by atoms with E-state index < -0.39 is 17.4 Å². The van der Waals surface area contributed by atoms with E-state index in [9.17, 15) is 0 Å². The predicted octanol–water partition coefficient (Wildman–Crippen LogP) is 2.81. The number of hydrogen-bond acceptors (Lipinski definition) is 2. The molecule has 74 valence electrons. The second-order valence-corrected chi connectivity index (χ2v) is 2.41. The first-order chi connectivity index (χ1) is 5.64. The molecule has 0 rings (SSSR count). The van der Waals surface area contributed by atoms with Gasteiger partial charge in [-0.15, -0.1) is 0 Å². The van der Waals surface area contributed by atoms with Crippen molar-refractivity contribution in [2.75, 3.05) is 0 Å². The Balaban J connectivity index is -0.0000000501. The zero-order chi connectivity index (χ0) is 10.4. The van der Waals surface area contributed by atoms with Crippen LogP contribution in [-0.2, 0) is 28.6 Å². The molecular weight excluding hydrogens is 263 g/mol. The average molecular weight is 280 g/mol. The van der Waals surface area contributed by atoms with Crippen molar-refractivity contribution in [2.45, 2.75) is 33.6 Å². The van der Waals surface area contributed by atoms with Gasteiger partial charge in [0.2, 0.25) is 0 Å². The molecule has 0 bridgehead atoms. The fourth-order valence-corrected chi connectivity index (χ4v) is 0.289. The van der Waals surface area contributed by atoms with Gasteiger partial charge in [0.1, 0.15) is 0 Å². The van der Waals surface area contributed by atoms with E-state index in [1.807, 2.05) is 0 Å². The molecule has 4 nitrogen and oxygen atoms in total. The second-order valence-electron chi connectivity index (χ2n) is 2.08. The molecule has 0 amide bonds. The second kappa shape index (κ2) is 29.3. The quantitative estimate of drug-likeness (QED) is 0.602. The summed E-state index contributed by atoms with van der Waals surface area (Å²) in [5.41, 5.74) is 0. The molecule has 0 spiro atoms. The van der Waals surface area contributed by atoms with E-state index in [1.54, 1.807) is 0 Å². The first-order valence-corrected chi connectivity index (χ1v) is 5.10. The van der Waals surface area contributed by atoms with Gasteiger partial charge in [0.05, 0.1) is 0 Å². The van der Waals surface area contributed by atoms with Crippen molar-refractivity contribution in [3.05, 3.63) is 0 Å². The van der Waals surface area contributed by atoms with E-state index >= 15 is 0 Å². The predicted molar refractivity (Wildman–Crippen MR) is 49.4 cm³/mol. The van der Waals surface area contributed by atoms with E-state index in [-0.39, 0.29) is 19.5 Å². The van der Waals surface area contributed by atoms with Crippen molar-refractivity contribution in [1.82, 2.24) is 0 Å². The maximum Gasteiger partial charge on any atom is 2.00 e. The molecule has 0 atom stereocenters. The molecule has 0 heterocycles. The smallest absolute Gasteiger partial charge is 0.310 e. The largest absolute Gasteiger partial charge is 2.00 e. The molecule has 0 aliphatic rings. The first-order valence-electron chi connectivity index (χ1n) is 3.57. The maximum atomic E-state index is 8.46. The van der Waals surface area contributed by atoms with Crippen LogP contribution in [0.15, 0.2) is 0 Å². The van der Waals surface area contributed by atoms with Gasteiger partial charge in [-0.25, -0.2) is 9.13 Å². The van der Waals surface area contributed by atoms with Gasteiger partial charge in [-0.2, -0.15) is 0 Å². The van der Waals surface area contributed by atoms with Crippen molar-refractivity contribution in [1.29, 1.82) is 0 Å². The van der Waals surface area contributed by atoms with Gasteiger partial charge < -0.3 is 9.79 Å². The third kappa shape index (κ3) is 65.4. The zero-order valence-electron chi connectivity index (χ0n) is 8.30. The molecule has 13 heavy (non-hydrogen) atoms. The summed E-state index contributed by atoms with van der Waals surface area (Å²) < 4.78 is 16.9. The minimum atomic E-state index is -0.833. The van der Waals surface area contributed by atoms with Gasteiger partial charge in [0, 0.05) is 0 Å². The Morgan fingerprint density at radius 2 is 1.23 bits per heavy atom. The van der Waals surface area contributed by atoms with Gasteiger partial charge in [-0.3, -0.25) is 0 Å². The van der Waals surface area contributed by atoms with Crippen LogP contribution in [0.2, 0.25) is 0 Å². The van der Waals surface area contributed by atoms with E-state index in [0.717, 1.165) is 5.92 Å². The Morgan fingerprint density at radius 1 is 1.08 bits per heavy atom. The average Bonchev–Trinajstić information content (AvgIpc) is 2.06. The van der Waals surface area contributed by atoms with Crippen LogP contribution in [0.4, 0.5) is 0 Å². The Kier molecular flexibility index (Phi) is 53.0. The topological polar surface area (TPSA) is 74.6 Å². The molecule has 0 aliphatic heterocycles. The summed E-state index contributed by atoms with van der Waals surface area (Å²) in [6.07, 6.45) is 2.66.